The monoisotopic (exact) mass is 383 g/mol. The lowest BCUT2D eigenvalue weighted by Crippen LogP contribution is -2.50. The van der Waals surface area contributed by atoms with Crippen LogP contribution in [0.1, 0.15) is 50.5 Å². The largest absolute Gasteiger partial charge is 0.393 e. The zero-order valence-corrected chi connectivity index (χ0v) is 16.3. The summed E-state index contributed by atoms with van der Waals surface area (Å²) in [5, 5.41) is 9.76. The summed E-state index contributed by atoms with van der Waals surface area (Å²) in [4.78, 5) is 17.5. The summed E-state index contributed by atoms with van der Waals surface area (Å²) < 4.78 is 14.9. The highest BCUT2D eigenvalue weighted by Gasteiger charge is 2.50. The smallest absolute Gasteiger partial charge is 0.230 e. The Kier molecular flexibility index (Phi) is 5.33. The second kappa shape index (κ2) is 7.75. The predicted octanol–water partition coefficient (Wildman–Crippen LogP) is 2.92. The van der Waals surface area contributed by atoms with Crippen LogP contribution in [0.15, 0.2) is 12.1 Å². The SMILES string of the molecule is C#CCc1[c]ccc(N2CCCC3(CCN([C@H]4CC[C@H](O)CC4)C3=O)C2)c1F. The highest BCUT2D eigenvalue weighted by molar-refractivity contribution is 5.86. The van der Waals surface area contributed by atoms with Crippen LogP contribution in [0.4, 0.5) is 10.1 Å². The van der Waals surface area contributed by atoms with Crippen molar-refractivity contribution in [1.82, 2.24) is 4.90 Å². The second-order valence-corrected chi connectivity index (χ2v) is 8.55. The Labute approximate surface area is 166 Å². The van der Waals surface area contributed by atoms with Gasteiger partial charge in [-0.3, -0.25) is 4.79 Å². The number of hydrogen-bond acceptors (Lipinski definition) is 3. The molecule has 0 bridgehead atoms. The van der Waals surface area contributed by atoms with Crippen LogP contribution in [0, 0.1) is 29.6 Å². The Hall–Kier alpha value is -2.06. The molecule has 1 aliphatic carbocycles. The standard InChI is InChI=1S/C23H28FN2O2/c1-2-5-17-6-3-7-20(21(17)24)25-14-4-12-23(16-25)13-15-26(22(23)28)18-8-10-19(27)11-9-18/h1,3,7,18-19,27H,4-5,8-16H2/t18-,19-,23?. The zero-order valence-electron chi connectivity index (χ0n) is 16.3. The van der Waals surface area contributed by atoms with Crippen LogP contribution in [0.5, 0.6) is 0 Å². The molecule has 1 atom stereocenters. The number of terminal acetylenes is 1. The Bertz CT molecular complexity index is 781. The first kappa shape index (κ1) is 19.3. The fourth-order valence-corrected chi connectivity index (χ4v) is 5.27. The molecule has 28 heavy (non-hydrogen) atoms. The predicted molar refractivity (Wildman–Crippen MR) is 106 cm³/mol. The van der Waals surface area contributed by atoms with Crippen LogP contribution in [-0.4, -0.2) is 47.7 Å². The number of benzene rings is 1. The maximum absolute atomic E-state index is 14.9. The lowest BCUT2D eigenvalue weighted by atomic mass is 9.78. The van der Waals surface area contributed by atoms with E-state index in [2.05, 4.69) is 12.0 Å². The average molecular weight is 383 g/mol. The van der Waals surface area contributed by atoms with Gasteiger partial charge in [0.1, 0.15) is 0 Å². The molecule has 1 radical (unpaired) electrons. The second-order valence-electron chi connectivity index (χ2n) is 8.55. The molecular formula is C23H28FN2O2. The van der Waals surface area contributed by atoms with Crippen LogP contribution >= 0.6 is 0 Å². The summed E-state index contributed by atoms with van der Waals surface area (Å²) in [5.41, 5.74) is 0.543. The van der Waals surface area contributed by atoms with E-state index in [1.807, 2.05) is 9.80 Å². The minimum Gasteiger partial charge on any atom is -0.393 e. The molecule has 2 aliphatic heterocycles. The number of carbonyl (C=O) groups is 1. The van der Waals surface area contributed by atoms with Crippen molar-refractivity contribution < 1.29 is 14.3 Å². The molecule has 3 fully saturated rings. The molecule has 2 saturated heterocycles. The third kappa shape index (κ3) is 3.39. The maximum Gasteiger partial charge on any atom is 0.230 e. The number of nitrogens with zero attached hydrogens (tertiary/aromatic N) is 2. The minimum atomic E-state index is -0.410. The number of amides is 1. The number of aliphatic hydroxyl groups excluding tert-OH is 1. The topological polar surface area (TPSA) is 43.8 Å². The van der Waals surface area contributed by atoms with E-state index in [1.54, 1.807) is 12.1 Å². The summed E-state index contributed by atoms with van der Waals surface area (Å²) in [6, 6.07) is 6.62. The average Bonchev–Trinajstić information content (AvgIpc) is 3.00. The van der Waals surface area contributed by atoms with Gasteiger partial charge in [0.2, 0.25) is 5.91 Å². The van der Waals surface area contributed by atoms with Gasteiger partial charge in [-0.15, -0.1) is 12.3 Å². The molecule has 149 valence electrons. The maximum atomic E-state index is 14.9. The van der Waals surface area contributed by atoms with Gasteiger partial charge in [0.15, 0.2) is 5.82 Å². The first-order valence-electron chi connectivity index (χ1n) is 10.4. The number of carbonyl (C=O) groups excluding carboxylic acids is 1. The molecule has 4 nitrogen and oxygen atoms in total. The molecule has 1 saturated carbocycles. The summed E-state index contributed by atoms with van der Waals surface area (Å²) in [5.74, 6) is 2.41. The minimum absolute atomic E-state index is 0.219. The van der Waals surface area contributed by atoms with Gasteiger partial charge in [0.05, 0.1) is 17.2 Å². The first-order chi connectivity index (χ1) is 13.5. The molecular weight excluding hydrogens is 355 g/mol. The zero-order chi connectivity index (χ0) is 19.7. The van der Waals surface area contributed by atoms with E-state index in [0.717, 1.165) is 58.0 Å². The molecule has 3 aliphatic rings. The third-order valence-electron chi connectivity index (χ3n) is 6.84. The highest BCUT2D eigenvalue weighted by Crippen LogP contribution is 2.43. The van der Waals surface area contributed by atoms with E-state index in [9.17, 15) is 14.3 Å². The van der Waals surface area contributed by atoms with E-state index in [1.165, 1.54) is 0 Å². The number of hydrogen-bond donors (Lipinski definition) is 1. The van der Waals surface area contributed by atoms with E-state index >= 15 is 0 Å². The quantitative estimate of drug-likeness (QED) is 0.817. The van der Waals surface area contributed by atoms with Crippen LogP contribution in [0.3, 0.4) is 0 Å². The lowest BCUT2D eigenvalue weighted by molar-refractivity contribution is -0.139. The molecule has 2 heterocycles. The van der Waals surface area contributed by atoms with Gasteiger partial charge >= 0.3 is 0 Å². The van der Waals surface area contributed by atoms with Gasteiger partial charge in [-0.2, -0.15) is 0 Å². The Morgan fingerprint density at radius 3 is 2.82 bits per heavy atom. The van der Waals surface area contributed by atoms with Crippen molar-refractivity contribution in [3.8, 4) is 12.3 Å². The van der Waals surface area contributed by atoms with E-state index in [0.29, 0.717) is 17.8 Å². The summed E-state index contributed by atoms with van der Waals surface area (Å²) in [6.45, 7) is 2.09. The third-order valence-corrected chi connectivity index (χ3v) is 6.84. The van der Waals surface area contributed by atoms with Crippen LogP contribution in [0.25, 0.3) is 0 Å². The van der Waals surface area contributed by atoms with Crippen molar-refractivity contribution in [3.05, 3.63) is 29.6 Å². The molecule has 0 aromatic heterocycles. The fourth-order valence-electron chi connectivity index (χ4n) is 5.27. The Balaban J connectivity index is 1.52. The van der Waals surface area contributed by atoms with Crippen molar-refractivity contribution in [2.45, 2.75) is 63.5 Å². The van der Waals surface area contributed by atoms with E-state index in [4.69, 9.17) is 6.42 Å². The first-order valence-corrected chi connectivity index (χ1v) is 10.4. The lowest BCUT2D eigenvalue weighted by Gasteiger charge is -2.41. The van der Waals surface area contributed by atoms with Gasteiger partial charge in [-0.25, -0.2) is 4.39 Å². The van der Waals surface area contributed by atoms with Crippen molar-refractivity contribution in [1.29, 1.82) is 0 Å². The number of halogens is 1. The molecule has 1 unspecified atom stereocenters. The molecule has 1 aromatic carbocycles. The van der Waals surface area contributed by atoms with Gasteiger partial charge in [-0.05, 0) is 57.1 Å². The molecule has 1 aromatic rings. The van der Waals surface area contributed by atoms with E-state index < -0.39 is 5.41 Å². The van der Waals surface area contributed by atoms with Crippen molar-refractivity contribution in [2.24, 2.45) is 5.41 Å². The van der Waals surface area contributed by atoms with Gasteiger partial charge in [0.25, 0.3) is 0 Å². The van der Waals surface area contributed by atoms with Gasteiger partial charge < -0.3 is 14.9 Å². The Morgan fingerprint density at radius 2 is 2.07 bits per heavy atom. The number of anilines is 1. The van der Waals surface area contributed by atoms with Crippen molar-refractivity contribution >= 4 is 11.6 Å². The molecule has 1 amide bonds. The summed E-state index contributed by atoms with van der Waals surface area (Å²) in [7, 11) is 0. The molecule has 5 heteroatoms. The van der Waals surface area contributed by atoms with Crippen LogP contribution in [-0.2, 0) is 11.2 Å². The van der Waals surface area contributed by atoms with Crippen LogP contribution in [0.2, 0.25) is 0 Å². The highest BCUT2D eigenvalue weighted by atomic mass is 19.1. The normalized spacial score (nSPS) is 30.7. The summed E-state index contributed by atoms with van der Waals surface area (Å²) >= 11 is 0. The number of rotatable bonds is 3. The number of likely N-dealkylation sites (tertiary alicyclic amines) is 1. The van der Waals surface area contributed by atoms with Crippen molar-refractivity contribution in [3.63, 3.8) is 0 Å². The number of aliphatic hydroxyl groups is 1. The molecule has 1 spiro atoms. The molecule has 1 N–H and O–H groups in total. The van der Waals surface area contributed by atoms with E-state index in [-0.39, 0.29) is 30.3 Å². The molecule has 4 rings (SSSR count). The van der Waals surface area contributed by atoms with Crippen molar-refractivity contribution in [2.75, 3.05) is 24.5 Å². The van der Waals surface area contributed by atoms with Gasteiger partial charge in [0, 0.05) is 37.7 Å². The fraction of sp³-hybridized carbons (Fsp3) is 0.609. The van der Waals surface area contributed by atoms with Crippen LogP contribution < -0.4 is 4.90 Å². The Morgan fingerprint density at radius 1 is 1.29 bits per heavy atom. The van der Waals surface area contributed by atoms with Gasteiger partial charge in [-0.1, -0.05) is 6.07 Å². The summed E-state index contributed by atoms with van der Waals surface area (Å²) in [6.07, 6.45) is 11.2. The number of piperidine rings is 1.